The van der Waals surface area contributed by atoms with Crippen molar-refractivity contribution in [3.8, 4) is 11.3 Å². The monoisotopic (exact) mass is 389 g/mol. The highest BCUT2D eigenvalue weighted by atomic mass is 16.4. The minimum atomic E-state index is -0.423. The van der Waals surface area contributed by atoms with Crippen molar-refractivity contribution in [2.24, 2.45) is 0 Å². The molecule has 1 aromatic carbocycles. The van der Waals surface area contributed by atoms with Crippen molar-refractivity contribution in [2.75, 3.05) is 36.4 Å². The largest absolute Gasteiger partial charge is 0.464 e. The normalized spacial score (nSPS) is 14.3. The van der Waals surface area contributed by atoms with Gasteiger partial charge in [-0.3, -0.25) is 9.78 Å². The Kier molecular flexibility index (Phi) is 4.45. The second-order valence-electron chi connectivity index (χ2n) is 6.76. The Morgan fingerprint density at radius 1 is 1.14 bits per heavy atom. The van der Waals surface area contributed by atoms with Gasteiger partial charge >= 0.3 is 5.91 Å². The van der Waals surface area contributed by atoms with E-state index in [0.29, 0.717) is 11.4 Å². The van der Waals surface area contributed by atoms with Crippen LogP contribution in [0.4, 0.5) is 11.4 Å². The fraction of sp³-hybridized carbons (Fsp3) is 0.190. The van der Waals surface area contributed by atoms with Crippen LogP contribution in [0.2, 0.25) is 0 Å². The number of hydrogen-bond donors (Lipinski definition) is 2. The third-order valence-corrected chi connectivity index (χ3v) is 4.95. The van der Waals surface area contributed by atoms with Crippen LogP contribution in [0.5, 0.6) is 0 Å². The Bertz CT molecular complexity index is 1160. The van der Waals surface area contributed by atoms with Crippen molar-refractivity contribution in [1.29, 1.82) is 0 Å². The number of benzene rings is 1. The number of carbonyl (C=O) groups is 1. The van der Waals surface area contributed by atoms with E-state index in [1.807, 2.05) is 30.3 Å². The summed E-state index contributed by atoms with van der Waals surface area (Å²) in [4.78, 5) is 23.3. The zero-order chi connectivity index (χ0) is 19.6. The number of anilines is 2. The van der Waals surface area contributed by atoms with Crippen LogP contribution in [0.3, 0.4) is 0 Å². The van der Waals surface area contributed by atoms with Gasteiger partial charge in [0, 0.05) is 37.8 Å². The van der Waals surface area contributed by atoms with Crippen molar-refractivity contribution in [3.05, 3.63) is 61.1 Å². The van der Waals surface area contributed by atoms with E-state index in [1.165, 1.54) is 6.20 Å². The number of para-hydroxylation sites is 1. The number of rotatable bonds is 4. The van der Waals surface area contributed by atoms with E-state index >= 15 is 0 Å². The first-order valence-corrected chi connectivity index (χ1v) is 9.43. The molecule has 1 fully saturated rings. The maximum Gasteiger partial charge on any atom is 0.311 e. The Morgan fingerprint density at radius 2 is 2.00 bits per heavy atom. The number of nitrogens with zero attached hydrogens (tertiary/aromatic N) is 3. The summed E-state index contributed by atoms with van der Waals surface area (Å²) in [5, 5.41) is 7.11. The molecule has 1 aliphatic rings. The molecule has 4 aromatic rings. The molecule has 0 aliphatic carbocycles. The lowest BCUT2D eigenvalue weighted by Crippen LogP contribution is -2.43. The highest BCUT2D eigenvalue weighted by molar-refractivity contribution is 6.03. The van der Waals surface area contributed by atoms with E-state index in [2.05, 4.69) is 25.5 Å². The summed E-state index contributed by atoms with van der Waals surface area (Å²) < 4.78 is 11.3. The Labute approximate surface area is 166 Å². The van der Waals surface area contributed by atoms with Crippen LogP contribution < -0.4 is 15.5 Å². The van der Waals surface area contributed by atoms with E-state index < -0.39 is 5.91 Å². The zero-order valence-corrected chi connectivity index (χ0v) is 15.6. The average Bonchev–Trinajstić information content (AvgIpc) is 3.42. The van der Waals surface area contributed by atoms with Crippen LogP contribution in [0.25, 0.3) is 22.3 Å². The summed E-state index contributed by atoms with van der Waals surface area (Å²) in [6.45, 7) is 3.53. The van der Waals surface area contributed by atoms with E-state index in [9.17, 15) is 4.79 Å². The minimum absolute atomic E-state index is 0.0135. The van der Waals surface area contributed by atoms with Crippen LogP contribution in [-0.4, -0.2) is 42.1 Å². The summed E-state index contributed by atoms with van der Waals surface area (Å²) in [6.07, 6.45) is 6.51. The molecule has 146 valence electrons. The van der Waals surface area contributed by atoms with Crippen molar-refractivity contribution in [2.45, 2.75) is 0 Å². The van der Waals surface area contributed by atoms with Crippen LogP contribution >= 0.6 is 0 Å². The van der Waals surface area contributed by atoms with E-state index in [0.717, 1.165) is 48.4 Å². The smallest absolute Gasteiger partial charge is 0.311 e. The molecule has 2 N–H and O–H groups in total. The molecular weight excluding hydrogens is 370 g/mol. The molecule has 0 spiro atoms. The summed E-state index contributed by atoms with van der Waals surface area (Å²) in [5.74, 6) is 0.0439. The first-order chi connectivity index (χ1) is 14.3. The molecular formula is C21H19N5O3. The predicted octanol–water partition coefficient (Wildman–Crippen LogP) is 3.14. The fourth-order valence-electron chi connectivity index (χ4n) is 3.51. The molecule has 0 atom stereocenters. The zero-order valence-electron chi connectivity index (χ0n) is 15.6. The van der Waals surface area contributed by atoms with Gasteiger partial charge in [-0.2, -0.15) is 0 Å². The van der Waals surface area contributed by atoms with Crippen molar-refractivity contribution < 1.29 is 13.6 Å². The van der Waals surface area contributed by atoms with Gasteiger partial charge in [0.25, 0.3) is 5.89 Å². The highest BCUT2D eigenvalue weighted by Crippen LogP contribution is 2.31. The third-order valence-electron chi connectivity index (χ3n) is 4.95. The van der Waals surface area contributed by atoms with Gasteiger partial charge in [0.2, 0.25) is 0 Å². The van der Waals surface area contributed by atoms with Gasteiger partial charge < -0.3 is 24.4 Å². The second-order valence-corrected chi connectivity index (χ2v) is 6.76. The van der Waals surface area contributed by atoms with Gasteiger partial charge in [-0.25, -0.2) is 4.98 Å². The number of hydrogen-bond acceptors (Lipinski definition) is 7. The van der Waals surface area contributed by atoms with Gasteiger partial charge in [-0.15, -0.1) is 0 Å². The number of pyridine rings is 1. The Morgan fingerprint density at radius 3 is 2.90 bits per heavy atom. The summed E-state index contributed by atoms with van der Waals surface area (Å²) in [5.41, 5.74) is 3.08. The van der Waals surface area contributed by atoms with Gasteiger partial charge in [0.15, 0.2) is 5.76 Å². The van der Waals surface area contributed by atoms with Crippen molar-refractivity contribution in [1.82, 2.24) is 15.3 Å². The molecule has 0 radical (unpaired) electrons. The first kappa shape index (κ1) is 17.4. The van der Waals surface area contributed by atoms with Crippen molar-refractivity contribution in [3.63, 3.8) is 0 Å². The molecule has 1 saturated heterocycles. The van der Waals surface area contributed by atoms with Gasteiger partial charge in [0.05, 0.1) is 29.3 Å². The molecule has 8 heteroatoms. The topological polar surface area (TPSA) is 96.4 Å². The molecule has 29 heavy (non-hydrogen) atoms. The average molecular weight is 389 g/mol. The van der Waals surface area contributed by atoms with Crippen molar-refractivity contribution >= 4 is 28.3 Å². The molecule has 4 heterocycles. The molecule has 5 rings (SSSR count). The first-order valence-electron chi connectivity index (χ1n) is 9.43. The predicted molar refractivity (Wildman–Crippen MR) is 109 cm³/mol. The fourth-order valence-corrected chi connectivity index (χ4v) is 3.51. The van der Waals surface area contributed by atoms with E-state index in [4.69, 9.17) is 8.83 Å². The van der Waals surface area contributed by atoms with Gasteiger partial charge in [-0.05, 0) is 12.1 Å². The number of furan rings is 1. The maximum atomic E-state index is 12.7. The highest BCUT2D eigenvalue weighted by Gasteiger charge is 2.20. The number of aromatic nitrogens is 2. The molecule has 0 saturated carbocycles. The third kappa shape index (κ3) is 3.34. The maximum absolute atomic E-state index is 12.7. The van der Waals surface area contributed by atoms with Gasteiger partial charge in [0.1, 0.15) is 11.8 Å². The lowest BCUT2D eigenvalue weighted by molar-refractivity contribution is 0.0991. The Hall–Kier alpha value is -3.65. The van der Waals surface area contributed by atoms with Crippen LogP contribution in [0.15, 0.2) is 64.0 Å². The van der Waals surface area contributed by atoms with Crippen LogP contribution in [0.1, 0.15) is 10.7 Å². The van der Waals surface area contributed by atoms with Gasteiger partial charge in [-0.1, -0.05) is 18.2 Å². The molecule has 1 aliphatic heterocycles. The Balaban J connectivity index is 1.39. The SMILES string of the molecule is O=C(Nc1cnccc1N1CCNCC1)c1ncc(-c2coc3ccccc23)o1. The number of fused-ring (bicyclic) bond motifs is 1. The van der Waals surface area contributed by atoms with Crippen LogP contribution in [0, 0.1) is 0 Å². The molecule has 0 bridgehead atoms. The number of piperazine rings is 1. The lowest BCUT2D eigenvalue weighted by atomic mass is 10.1. The molecule has 0 unspecified atom stereocenters. The minimum Gasteiger partial charge on any atom is -0.464 e. The van der Waals surface area contributed by atoms with Crippen LogP contribution in [-0.2, 0) is 0 Å². The molecule has 1 amide bonds. The lowest BCUT2D eigenvalue weighted by Gasteiger charge is -2.30. The summed E-state index contributed by atoms with van der Waals surface area (Å²) >= 11 is 0. The number of amides is 1. The van der Waals surface area contributed by atoms with E-state index in [1.54, 1.807) is 18.7 Å². The standard InChI is InChI=1S/C21H19N5O3/c27-20(25-16-11-23-6-5-17(16)26-9-7-22-8-10-26)21-24-12-19(29-21)15-13-28-18-4-2-1-3-14(15)18/h1-6,11-13,22H,7-10H2,(H,25,27). The number of carbonyl (C=O) groups excluding carboxylic acids is 1. The second kappa shape index (κ2) is 7.40. The summed E-state index contributed by atoms with van der Waals surface area (Å²) in [6, 6.07) is 9.54. The molecule has 8 nitrogen and oxygen atoms in total. The van der Waals surface area contributed by atoms with E-state index in [-0.39, 0.29) is 5.89 Å². The summed E-state index contributed by atoms with van der Waals surface area (Å²) in [7, 11) is 0. The molecule has 3 aromatic heterocycles. The number of nitrogens with one attached hydrogen (secondary N) is 2. The number of oxazole rings is 1. The quantitative estimate of drug-likeness (QED) is 0.553.